The maximum Gasteiger partial charge on any atom is 0.268 e. The summed E-state index contributed by atoms with van der Waals surface area (Å²) in [5.74, 6) is 5.27. The number of hydrogen-bond donors (Lipinski definition) is 2. The highest BCUT2D eigenvalue weighted by atomic mass is 16.5. The van der Waals surface area contributed by atoms with Crippen molar-refractivity contribution in [1.29, 1.82) is 0 Å². The lowest BCUT2D eigenvalue weighted by molar-refractivity contribution is 0.0949. The van der Waals surface area contributed by atoms with Crippen molar-refractivity contribution in [3.8, 4) is 5.75 Å². The first-order chi connectivity index (χ1) is 9.22. The number of rotatable bonds is 5. The molecule has 0 saturated carbocycles. The summed E-state index contributed by atoms with van der Waals surface area (Å²) in [4.78, 5) is 11.5. The Morgan fingerprint density at radius 1 is 1.42 bits per heavy atom. The third-order valence-corrected chi connectivity index (χ3v) is 2.75. The van der Waals surface area contributed by atoms with E-state index in [1.165, 1.54) is 0 Å². The van der Waals surface area contributed by atoms with Crippen molar-refractivity contribution in [3.05, 3.63) is 47.8 Å². The Balaban J connectivity index is 2.00. The Labute approximate surface area is 111 Å². The van der Waals surface area contributed by atoms with Gasteiger partial charge in [-0.1, -0.05) is 12.1 Å². The maximum atomic E-state index is 11.5. The highest BCUT2D eigenvalue weighted by molar-refractivity contribution is 5.96. The van der Waals surface area contributed by atoms with E-state index in [2.05, 4.69) is 10.5 Å². The number of benzene rings is 1. The number of carbonyl (C=O) groups excluding carboxylic acids is 1. The lowest BCUT2D eigenvalue weighted by Gasteiger charge is -2.11. The Morgan fingerprint density at radius 3 is 2.89 bits per heavy atom. The summed E-state index contributed by atoms with van der Waals surface area (Å²) >= 11 is 0. The van der Waals surface area contributed by atoms with Crippen LogP contribution in [0.15, 0.2) is 36.5 Å². The Hall–Kier alpha value is -2.34. The number of hydrogen-bond acceptors (Lipinski definition) is 4. The number of aryl methyl sites for hydroxylation is 1. The summed E-state index contributed by atoms with van der Waals surface area (Å²) in [5.41, 5.74) is 3.58. The average Bonchev–Trinajstić information content (AvgIpc) is 2.84. The molecule has 6 heteroatoms. The van der Waals surface area contributed by atoms with Gasteiger partial charge in [0.1, 0.15) is 12.4 Å². The second-order valence-corrected chi connectivity index (χ2v) is 4.01. The van der Waals surface area contributed by atoms with Crippen LogP contribution >= 0.6 is 0 Å². The Kier molecular flexibility index (Phi) is 4.15. The van der Waals surface area contributed by atoms with E-state index in [4.69, 9.17) is 10.6 Å². The zero-order valence-corrected chi connectivity index (χ0v) is 10.7. The van der Waals surface area contributed by atoms with E-state index >= 15 is 0 Å². The number of aromatic nitrogens is 2. The molecule has 0 atom stereocenters. The fraction of sp³-hybridized carbons (Fsp3) is 0.231. The molecule has 19 heavy (non-hydrogen) atoms. The van der Waals surface area contributed by atoms with Gasteiger partial charge in [0, 0.05) is 11.9 Å². The van der Waals surface area contributed by atoms with Crippen molar-refractivity contribution >= 4 is 5.91 Å². The van der Waals surface area contributed by atoms with E-state index in [9.17, 15) is 4.79 Å². The molecule has 100 valence electrons. The van der Waals surface area contributed by atoms with Crippen LogP contribution in [0, 0.1) is 6.92 Å². The minimum absolute atomic E-state index is 0.370. The number of amides is 1. The molecule has 2 aromatic rings. The van der Waals surface area contributed by atoms with Gasteiger partial charge < -0.3 is 4.74 Å². The molecule has 0 fully saturated rings. The van der Waals surface area contributed by atoms with Gasteiger partial charge in [-0.2, -0.15) is 5.10 Å². The molecule has 0 radical (unpaired) electrons. The molecule has 1 aromatic heterocycles. The summed E-state index contributed by atoms with van der Waals surface area (Å²) < 4.78 is 7.45. The van der Waals surface area contributed by atoms with Crippen LogP contribution in [0.25, 0.3) is 0 Å². The quantitative estimate of drug-likeness (QED) is 0.475. The van der Waals surface area contributed by atoms with Crippen molar-refractivity contribution in [2.75, 3.05) is 6.61 Å². The van der Waals surface area contributed by atoms with Crippen LogP contribution < -0.4 is 16.0 Å². The molecule has 0 saturated heterocycles. The lowest BCUT2D eigenvalue weighted by atomic mass is 10.2. The molecule has 0 aliphatic rings. The SMILES string of the molecule is Cc1ccnn1CCOc1ccccc1C(=O)NN. The molecule has 0 spiro atoms. The normalized spacial score (nSPS) is 10.2. The van der Waals surface area contributed by atoms with Crippen LogP contribution in [0.4, 0.5) is 0 Å². The van der Waals surface area contributed by atoms with Crippen molar-refractivity contribution in [2.45, 2.75) is 13.5 Å². The van der Waals surface area contributed by atoms with Crippen LogP contribution in [-0.2, 0) is 6.54 Å². The molecule has 1 heterocycles. The molecule has 0 aliphatic carbocycles. The van der Waals surface area contributed by atoms with Crippen LogP contribution in [0.1, 0.15) is 16.1 Å². The fourth-order valence-corrected chi connectivity index (χ4v) is 1.73. The summed E-state index contributed by atoms with van der Waals surface area (Å²) in [6.07, 6.45) is 1.74. The molecule has 1 amide bonds. The predicted octanol–water partition coefficient (Wildman–Crippen LogP) is 0.874. The minimum Gasteiger partial charge on any atom is -0.491 e. The smallest absolute Gasteiger partial charge is 0.268 e. The van der Waals surface area contributed by atoms with E-state index in [-0.39, 0.29) is 5.91 Å². The van der Waals surface area contributed by atoms with Gasteiger partial charge in [-0.25, -0.2) is 5.84 Å². The lowest BCUT2D eigenvalue weighted by Crippen LogP contribution is -2.30. The molecule has 0 unspecified atom stereocenters. The molecule has 1 aromatic carbocycles. The number of hydrazine groups is 1. The number of carbonyl (C=O) groups is 1. The third kappa shape index (κ3) is 3.11. The van der Waals surface area contributed by atoms with E-state index < -0.39 is 0 Å². The number of nitrogens with one attached hydrogen (secondary N) is 1. The second kappa shape index (κ2) is 6.01. The summed E-state index contributed by atoms with van der Waals surface area (Å²) in [5, 5.41) is 4.16. The monoisotopic (exact) mass is 260 g/mol. The van der Waals surface area contributed by atoms with Crippen molar-refractivity contribution in [2.24, 2.45) is 5.84 Å². The van der Waals surface area contributed by atoms with Crippen LogP contribution in [0.3, 0.4) is 0 Å². The third-order valence-electron chi connectivity index (χ3n) is 2.75. The summed E-state index contributed by atoms with van der Waals surface area (Å²) in [7, 11) is 0. The minimum atomic E-state index is -0.370. The topological polar surface area (TPSA) is 82.2 Å². The maximum absolute atomic E-state index is 11.5. The van der Waals surface area contributed by atoms with Crippen LogP contribution in [-0.4, -0.2) is 22.3 Å². The fourth-order valence-electron chi connectivity index (χ4n) is 1.73. The molecule has 0 aliphatic heterocycles. The van der Waals surface area contributed by atoms with Gasteiger partial charge in [-0.15, -0.1) is 0 Å². The van der Waals surface area contributed by atoms with Crippen molar-refractivity contribution in [3.63, 3.8) is 0 Å². The van der Waals surface area contributed by atoms with Crippen molar-refractivity contribution in [1.82, 2.24) is 15.2 Å². The Morgan fingerprint density at radius 2 is 2.21 bits per heavy atom. The number of nitrogen functional groups attached to an aromatic ring is 1. The Bertz CT molecular complexity index is 565. The first-order valence-corrected chi connectivity index (χ1v) is 5.93. The highest BCUT2D eigenvalue weighted by Gasteiger charge is 2.10. The molecule has 0 bridgehead atoms. The van der Waals surface area contributed by atoms with E-state index in [1.54, 1.807) is 24.4 Å². The second-order valence-electron chi connectivity index (χ2n) is 4.01. The summed E-state index contributed by atoms with van der Waals surface area (Å²) in [6, 6.07) is 8.89. The number of nitrogens with two attached hydrogens (primary N) is 1. The molecule has 6 nitrogen and oxygen atoms in total. The van der Waals surface area contributed by atoms with Gasteiger partial charge in [0.05, 0.1) is 12.1 Å². The van der Waals surface area contributed by atoms with E-state index in [0.29, 0.717) is 24.5 Å². The molecule has 3 N–H and O–H groups in total. The predicted molar refractivity (Wildman–Crippen MR) is 70.6 cm³/mol. The van der Waals surface area contributed by atoms with Gasteiger partial charge in [-0.05, 0) is 25.1 Å². The zero-order valence-electron chi connectivity index (χ0n) is 10.7. The van der Waals surface area contributed by atoms with E-state index in [0.717, 1.165) is 5.69 Å². The van der Waals surface area contributed by atoms with Gasteiger partial charge >= 0.3 is 0 Å². The number of para-hydroxylation sites is 1. The van der Waals surface area contributed by atoms with Crippen molar-refractivity contribution < 1.29 is 9.53 Å². The number of nitrogens with zero attached hydrogens (tertiary/aromatic N) is 2. The first kappa shape index (κ1) is 13.1. The largest absolute Gasteiger partial charge is 0.491 e. The van der Waals surface area contributed by atoms with Crippen LogP contribution in [0.2, 0.25) is 0 Å². The van der Waals surface area contributed by atoms with Gasteiger partial charge in [-0.3, -0.25) is 14.9 Å². The first-order valence-electron chi connectivity index (χ1n) is 5.93. The zero-order chi connectivity index (χ0) is 13.7. The van der Waals surface area contributed by atoms with E-state index in [1.807, 2.05) is 23.7 Å². The molecular formula is C13H16N4O2. The highest BCUT2D eigenvalue weighted by Crippen LogP contribution is 2.17. The van der Waals surface area contributed by atoms with Gasteiger partial charge in [0.2, 0.25) is 0 Å². The van der Waals surface area contributed by atoms with Gasteiger partial charge in [0.25, 0.3) is 5.91 Å². The molecular weight excluding hydrogens is 244 g/mol. The average molecular weight is 260 g/mol. The standard InChI is InChI=1S/C13H16N4O2/c1-10-6-7-15-17(10)8-9-19-12-5-3-2-4-11(12)13(18)16-14/h2-7H,8-9,14H2,1H3,(H,16,18). The van der Waals surface area contributed by atoms with Gasteiger partial charge in [0.15, 0.2) is 0 Å². The molecule has 2 rings (SSSR count). The summed E-state index contributed by atoms with van der Waals surface area (Å²) in [6.45, 7) is 3.03. The van der Waals surface area contributed by atoms with Crippen LogP contribution in [0.5, 0.6) is 5.75 Å². The number of ether oxygens (including phenoxy) is 1.